The predicted octanol–water partition coefficient (Wildman–Crippen LogP) is 2.92. The Balaban J connectivity index is 1.69. The second kappa shape index (κ2) is 7.02. The minimum Gasteiger partial charge on any atom is -0.492 e. The van der Waals surface area contributed by atoms with Gasteiger partial charge in [0.2, 0.25) is 0 Å². The average Bonchev–Trinajstić information content (AvgIpc) is 3.19. The van der Waals surface area contributed by atoms with E-state index in [1.165, 1.54) is 5.17 Å². The molecule has 1 unspecified atom stereocenters. The van der Waals surface area contributed by atoms with Gasteiger partial charge in [0, 0.05) is 0 Å². The molecule has 0 N–H and O–H groups in total. The molecule has 1 aliphatic heterocycles. The van der Waals surface area contributed by atoms with Crippen molar-refractivity contribution in [3.63, 3.8) is 0 Å². The number of para-hydroxylation sites is 1. The van der Waals surface area contributed by atoms with Crippen molar-refractivity contribution in [2.24, 2.45) is 0 Å². The van der Waals surface area contributed by atoms with E-state index >= 15 is 0 Å². The zero-order valence-electron chi connectivity index (χ0n) is 12.8. The molecule has 6 heteroatoms. The molecule has 0 amide bonds. The Morgan fingerprint density at radius 1 is 1.22 bits per heavy atom. The maximum Gasteiger partial charge on any atom is 0.322 e. The molecule has 1 atom stereocenters. The van der Waals surface area contributed by atoms with Crippen molar-refractivity contribution in [3.05, 3.63) is 66.3 Å². The van der Waals surface area contributed by atoms with Crippen LogP contribution in [0.5, 0.6) is 5.75 Å². The maximum atomic E-state index is 10.8. The number of carbonyl (C=O) groups excluding carboxylic acids is 1. The van der Waals surface area contributed by atoms with Crippen LogP contribution >= 0.6 is 0 Å². The number of ether oxygens (including phenoxy) is 1. The molecule has 1 aromatic heterocycles. The first-order valence-electron chi connectivity index (χ1n) is 7.36. The van der Waals surface area contributed by atoms with E-state index in [4.69, 9.17) is 14.0 Å². The standard InChI is InChI=1S/C17H18N2O4/c1-14-12-16(17-8-5-10-22-17)18(19(14)23-13-20)9-11-21-15-6-3-2-4-7-15/h2-8,10,12-13,16H,9,11H2,1H3. The smallest absolute Gasteiger partial charge is 0.322 e. The van der Waals surface area contributed by atoms with Gasteiger partial charge in [0.25, 0.3) is 0 Å². The number of allylic oxidation sites excluding steroid dienone is 1. The second-order valence-corrected chi connectivity index (χ2v) is 5.07. The molecule has 0 bridgehead atoms. The zero-order chi connectivity index (χ0) is 16.1. The number of rotatable bonds is 7. The van der Waals surface area contributed by atoms with E-state index in [-0.39, 0.29) is 6.04 Å². The average molecular weight is 314 g/mol. The maximum absolute atomic E-state index is 10.8. The number of nitrogens with zero attached hydrogens (tertiary/aromatic N) is 2. The van der Waals surface area contributed by atoms with E-state index in [0.717, 1.165) is 17.2 Å². The third kappa shape index (κ3) is 3.37. The van der Waals surface area contributed by atoms with Crippen LogP contribution in [0.15, 0.2) is 64.9 Å². The fourth-order valence-corrected chi connectivity index (χ4v) is 2.57. The molecule has 2 aromatic rings. The summed E-state index contributed by atoms with van der Waals surface area (Å²) >= 11 is 0. The lowest BCUT2D eigenvalue weighted by Gasteiger charge is -2.30. The third-order valence-corrected chi connectivity index (χ3v) is 3.57. The normalized spacial score (nSPS) is 17.9. The Morgan fingerprint density at radius 3 is 2.74 bits per heavy atom. The predicted molar refractivity (Wildman–Crippen MR) is 82.8 cm³/mol. The van der Waals surface area contributed by atoms with Gasteiger partial charge in [0.15, 0.2) is 0 Å². The van der Waals surface area contributed by atoms with Crippen LogP contribution in [0, 0.1) is 0 Å². The van der Waals surface area contributed by atoms with Crippen molar-refractivity contribution in [2.45, 2.75) is 13.0 Å². The van der Waals surface area contributed by atoms with E-state index in [1.54, 1.807) is 6.26 Å². The third-order valence-electron chi connectivity index (χ3n) is 3.57. The molecule has 2 heterocycles. The molecule has 1 aromatic carbocycles. The summed E-state index contributed by atoms with van der Waals surface area (Å²) in [4.78, 5) is 15.8. The first-order valence-corrected chi connectivity index (χ1v) is 7.36. The van der Waals surface area contributed by atoms with Gasteiger partial charge in [0.05, 0.1) is 18.5 Å². The largest absolute Gasteiger partial charge is 0.492 e. The second-order valence-electron chi connectivity index (χ2n) is 5.07. The van der Waals surface area contributed by atoms with Crippen LogP contribution in [-0.4, -0.2) is 29.8 Å². The van der Waals surface area contributed by atoms with Crippen molar-refractivity contribution < 1.29 is 18.8 Å². The summed E-state index contributed by atoms with van der Waals surface area (Å²) < 4.78 is 11.2. The Bertz CT molecular complexity index is 654. The highest BCUT2D eigenvalue weighted by Crippen LogP contribution is 2.33. The van der Waals surface area contributed by atoms with Crippen LogP contribution < -0.4 is 4.74 Å². The quantitative estimate of drug-likeness (QED) is 0.733. The summed E-state index contributed by atoms with van der Waals surface area (Å²) in [6, 6.07) is 13.2. The molecule has 23 heavy (non-hydrogen) atoms. The zero-order valence-corrected chi connectivity index (χ0v) is 12.8. The van der Waals surface area contributed by atoms with E-state index in [1.807, 2.05) is 60.5 Å². The number of carbonyl (C=O) groups is 1. The fraction of sp³-hybridized carbons (Fsp3) is 0.235. The first-order chi connectivity index (χ1) is 11.3. The molecule has 120 valence electrons. The monoisotopic (exact) mass is 314 g/mol. The van der Waals surface area contributed by atoms with E-state index < -0.39 is 0 Å². The van der Waals surface area contributed by atoms with Crippen LogP contribution in [0.25, 0.3) is 0 Å². The summed E-state index contributed by atoms with van der Waals surface area (Å²) in [5.74, 6) is 1.58. The number of benzene rings is 1. The minimum absolute atomic E-state index is 0.135. The Hall–Kier alpha value is -2.73. The van der Waals surface area contributed by atoms with Crippen molar-refractivity contribution in [3.8, 4) is 5.75 Å². The molecular formula is C17H18N2O4. The van der Waals surface area contributed by atoms with E-state index in [0.29, 0.717) is 19.6 Å². The van der Waals surface area contributed by atoms with Crippen LogP contribution in [-0.2, 0) is 9.63 Å². The van der Waals surface area contributed by atoms with Gasteiger partial charge in [-0.25, -0.2) is 0 Å². The Kier molecular flexibility index (Phi) is 4.63. The van der Waals surface area contributed by atoms with Crippen LogP contribution in [0.1, 0.15) is 18.7 Å². The van der Waals surface area contributed by atoms with Gasteiger partial charge in [-0.05, 0) is 37.3 Å². The van der Waals surface area contributed by atoms with Gasteiger partial charge in [-0.1, -0.05) is 18.2 Å². The number of furan rings is 1. The SMILES string of the molecule is CC1=CC(c2ccco2)N(CCOc2ccccc2)N1OC=O. The molecule has 0 aliphatic carbocycles. The first kappa shape index (κ1) is 15.2. The number of hydroxylamine groups is 1. The minimum atomic E-state index is -0.135. The van der Waals surface area contributed by atoms with Crippen LogP contribution in [0.2, 0.25) is 0 Å². The summed E-state index contributed by atoms with van der Waals surface area (Å²) in [7, 11) is 0. The van der Waals surface area contributed by atoms with Gasteiger partial charge in [-0.3, -0.25) is 4.79 Å². The Morgan fingerprint density at radius 2 is 2.04 bits per heavy atom. The molecular weight excluding hydrogens is 296 g/mol. The van der Waals surface area contributed by atoms with Gasteiger partial charge in [-0.15, -0.1) is 5.17 Å². The van der Waals surface area contributed by atoms with Gasteiger partial charge < -0.3 is 14.0 Å². The van der Waals surface area contributed by atoms with Gasteiger partial charge >= 0.3 is 6.47 Å². The van der Waals surface area contributed by atoms with Crippen molar-refractivity contribution in [2.75, 3.05) is 13.2 Å². The van der Waals surface area contributed by atoms with Crippen molar-refractivity contribution in [1.82, 2.24) is 10.2 Å². The molecule has 0 fully saturated rings. The molecule has 1 aliphatic rings. The van der Waals surface area contributed by atoms with Gasteiger partial charge in [-0.2, -0.15) is 5.01 Å². The summed E-state index contributed by atoms with van der Waals surface area (Å²) in [5.41, 5.74) is 0.818. The Labute approximate surface area is 134 Å². The van der Waals surface area contributed by atoms with Gasteiger partial charge in [0.1, 0.15) is 24.2 Å². The summed E-state index contributed by atoms with van der Waals surface area (Å²) in [6.45, 7) is 3.26. The summed E-state index contributed by atoms with van der Waals surface area (Å²) in [5, 5.41) is 3.35. The molecule has 3 rings (SSSR count). The van der Waals surface area contributed by atoms with Crippen LogP contribution in [0.3, 0.4) is 0 Å². The number of hydrazine groups is 1. The molecule has 0 saturated carbocycles. The van der Waals surface area contributed by atoms with Crippen LogP contribution in [0.4, 0.5) is 0 Å². The number of hydrogen-bond acceptors (Lipinski definition) is 6. The van der Waals surface area contributed by atoms with Crippen molar-refractivity contribution in [1.29, 1.82) is 0 Å². The highest BCUT2D eigenvalue weighted by Gasteiger charge is 2.34. The fourth-order valence-electron chi connectivity index (χ4n) is 2.57. The number of hydrogen-bond donors (Lipinski definition) is 0. The molecule has 0 saturated heterocycles. The molecule has 6 nitrogen and oxygen atoms in total. The van der Waals surface area contributed by atoms with Crippen molar-refractivity contribution >= 4 is 6.47 Å². The lowest BCUT2D eigenvalue weighted by atomic mass is 10.2. The lowest BCUT2D eigenvalue weighted by molar-refractivity contribution is -0.237. The highest BCUT2D eigenvalue weighted by molar-refractivity contribution is 5.37. The molecule has 0 spiro atoms. The van der Waals surface area contributed by atoms with E-state index in [9.17, 15) is 4.79 Å². The highest BCUT2D eigenvalue weighted by atomic mass is 16.7. The summed E-state index contributed by atoms with van der Waals surface area (Å²) in [6.07, 6.45) is 3.60. The van der Waals surface area contributed by atoms with E-state index in [2.05, 4.69) is 0 Å². The topological polar surface area (TPSA) is 55.1 Å². The molecule has 0 radical (unpaired) electrons. The lowest BCUT2D eigenvalue weighted by Crippen LogP contribution is -2.40.